The zero-order chi connectivity index (χ0) is 20.3. The predicted molar refractivity (Wildman–Crippen MR) is 121 cm³/mol. The molecule has 0 spiro atoms. The van der Waals surface area contributed by atoms with Crippen LogP contribution in [-0.2, 0) is 6.54 Å². The molecule has 0 atom stereocenters. The van der Waals surface area contributed by atoms with Gasteiger partial charge in [-0.05, 0) is 19.9 Å². The highest BCUT2D eigenvalue weighted by atomic mass is 127. The zero-order valence-electron chi connectivity index (χ0n) is 16.3. The van der Waals surface area contributed by atoms with Crippen LogP contribution in [0.3, 0.4) is 0 Å². The molecule has 0 saturated heterocycles. The quantitative estimate of drug-likeness (QED) is 0.383. The third-order valence-electron chi connectivity index (χ3n) is 3.85. The average molecular weight is 510 g/mol. The number of hydrogen-bond donors (Lipinski definition) is 1. The van der Waals surface area contributed by atoms with Crippen molar-refractivity contribution in [1.82, 2.24) is 24.7 Å². The maximum absolute atomic E-state index is 12.2. The van der Waals surface area contributed by atoms with Gasteiger partial charge in [0, 0.05) is 51.0 Å². The summed E-state index contributed by atoms with van der Waals surface area (Å²) in [5.74, 6) is 0.949. The molecule has 3 heterocycles. The van der Waals surface area contributed by atoms with E-state index in [-0.39, 0.29) is 8.98 Å². The van der Waals surface area contributed by atoms with Crippen molar-refractivity contribution in [2.24, 2.45) is 0 Å². The largest absolute Gasteiger partial charge is 0.353 e. The van der Waals surface area contributed by atoms with Crippen molar-refractivity contribution in [3.63, 3.8) is 0 Å². The van der Waals surface area contributed by atoms with Crippen molar-refractivity contribution in [3.8, 4) is 11.3 Å². The molecule has 28 heavy (non-hydrogen) atoms. The summed E-state index contributed by atoms with van der Waals surface area (Å²) < 4.78 is 1.57. The van der Waals surface area contributed by atoms with Gasteiger partial charge in [0.25, 0.3) is 5.56 Å². The second-order valence-corrected chi connectivity index (χ2v) is 11.5. The molecule has 148 valence electrons. The fourth-order valence-electron chi connectivity index (χ4n) is 2.37. The standard InChI is InChI=1S/C19H23IN6OS/c1-12(2)17-21-9-14(28-17)10-26-16(27)6-5-15(25-26)13-7-22-18(23-8-13)24-11-19(3,4)20/h5-9,12H,10-11H2,1-4H3,(H,22,23,24). The summed E-state index contributed by atoms with van der Waals surface area (Å²) in [5.41, 5.74) is 1.28. The molecular formula is C19H23IN6OS. The number of nitrogens with zero attached hydrogens (tertiary/aromatic N) is 5. The van der Waals surface area contributed by atoms with Gasteiger partial charge in [-0.15, -0.1) is 11.3 Å². The van der Waals surface area contributed by atoms with Gasteiger partial charge in [-0.25, -0.2) is 19.6 Å². The van der Waals surface area contributed by atoms with Crippen LogP contribution >= 0.6 is 33.9 Å². The molecule has 0 bridgehead atoms. The molecule has 3 rings (SSSR count). The summed E-state index contributed by atoms with van der Waals surface area (Å²) in [6.45, 7) is 9.65. The summed E-state index contributed by atoms with van der Waals surface area (Å²) in [5, 5.41) is 8.77. The highest BCUT2D eigenvalue weighted by Gasteiger charge is 2.13. The molecule has 0 aliphatic rings. The molecular weight excluding hydrogens is 487 g/mol. The van der Waals surface area contributed by atoms with Crippen molar-refractivity contribution < 1.29 is 0 Å². The number of nitrogens with one attached hydrogen (secondary N) is 1. The molecule has 0 radical (unpaired) electrons. The molecule has 0 fully saturated rings. The second kappa shape index (κ2) is 8.64. The summed E-state index contributed by atoms with van der Waals surface area (Å²) in [4.78, 5) is 26.4. The fraction of sp³-hybridized carbons (Fsp3) is 0.421. The molecule has 3 aromatic heterocycles. The van der Waals surface area contributed by atoms with Crippen molar-refractivity contribution in [3.05, 3.63) is 51.0 Å². The molecule has 0 aromatic carbocycles. The van der Waals surface area contributed by atoms with E-state index in [2.05, 4.69) is 75.7 Å². The van der Waals surface area contributed by atoms with Crippen LogP contribution < -0.4 is 10.9 Å². The van der Waals surface area contributed by atoms with Gasteiger partial charge in [-0.3, -0.25) is 4.79 Å². The van der Waals surface area contributed by atoms with Crippen LogP contribution in [0.5, 0.6) is 0 Å². The molecule has 0 aliphatic carbocycles. The van der Waals surface area contributed by atoms with Crippen molar-refractivity contribution in [2.45, 2.75) is 43.6 Å². The molecule has 7 nitrogen and oxygen atoms in total. The lowest BCUT2D eigenvalue weighted by Crippen LogP contribution is -2.23. The van der Waals surface area contributed by atoms with Crippen LogP contribution in [0, 0.1) is 0 Å². The van der Waals surface area contributed by atoms with Gasteiger partial charge >= 0.3 is 0 Å². The van der Waals surface area contributed by atoms with Crippen molar-refractivity contribution >= 4 is 39.9 Å². The van der Waals surface area contributed by atoms with E-state index in [1.165, 1.54) is 10.7 Å². The first-order chi connectivity index (χ1) is 13.2. The summed E-state index contributed by atoms with van der Waals surface area (Å²) >= 11 is 3.99. The zero-order valence-corrected chi connectivity index (χ0v) is 19.3. The first kappa shape index (κ1) is 20.8. The Morgan fingerprint density at radius 1 is 1.18 bits per heavy atom. The van der Waals surface area contributed by atoms with E-state index in [4.69, 9.17) is 0 Å². The van der Waals surface area contributed by atoms with Crippen LogP contribution in [0.25, 0.3) is 11.3 Å². The van der Waals surface area contributed by atoms with Gasteiger partial charge in [-0.2, -0.15) is 5.10 Å². The lowest BCUT2D eigenvalue weighted by molar-refractivity contribution is 0.648. The Bertz CT molecular complexity index is 991. The summed E-state index contributed by atoms with van der Waals surface area (Å²) in [6.07, 6.45) is 5.26. The van der Waals surface area contributed by atoms with Crippen LogP contribution in [0.2, 0.25) is 0 Å². The number of aromatic nitrogens is 5. The van der Waals surface area contributed by atoms with Crippen LogP contribution in [0.15, 0.2) is 35.5 Å². The predicted octanol–water partition coefficient (Wildman–Crippen LogP) is 3.95. The normalized spacial score (nSPS) is 11.8. The van der Waals surface area contributed by atoms with E-state index in [1.54, 1.807) is 29.8 Å². The average Bonchev–Trinajstić information content (AvgIpc) is 3.11. The first-order valence-electron chi connectivity index (χ1n) is 8.99. The molecule has 0 aliphatic heterocycles. The van der Waals surface area contributed by atoms with Gasteiger partial charge in [0.05, 0.1) is 17.2 Å². The van der Waals surface area contributed by atoms with Gasteiger partial charge in [0.1, 0.15) is 0 Å². The Morgan fingerprint density at radius 2 is 1.89 bits per heavy atom. The van der Waals surface area contributed by atoms with E-state index in [0.717, 1.165) is 22.0 Å². The minimum absolute atomic E-state index is 0.114. The highest BCUT2D eigenvalue weighted by molar-refractivity contribution is 14.1. The number of rotatable bonds is 7. The third kappa shape index (κ3) is 5.57. The Kier molecular flexibility index (Phi) is 6.43. The number of alkyl halides is 1. The van der Waals surface area contributed by atoms with Gasteiger partial charge in [0.2, 0.25) is 5.95 Å². The number of halogens is 1. The van der Waals surface area contributed by atoms with E-state index in [1.807, 2.05) is 6.20 Å². The minimum Gasteiger partial charge on any atom is -0.353 e. The van der Waals surface area contributed by atoms with Crippen molar-refractivity contribution in [2.75, 3.05) is 11.9 Å². The van der Waals surface area contributed by atoms with E-state index < -0.39 is 0 Å². The summed E-state index contributed by atoms with van der Waals surface area (Å²) in [7, 11) is 0. The van der Waals surface area contributed by atoms with Crippen LogP contribution in [-0.4, -0.2) is 34.7 Å². The SMILES string of the molecule is CC(C)c1ncc(Cn2nc(-c3cnc(NCC(C)(C)I)nc3)ccc2=O)s1. The molecule has 0 amide bonds. The van der Waals surface area contributed by atoms with Crippen molar-refractivity contribution in [1.29, 1.82) is 0 Å². The topological polar surface area (TPSA) is 85.6 Å². The molecule has 0 unspecified atom stereocenters. The molecule has 3 aromatic rings. The number of hydrogen-bond acceptors (Lipinski definition) is 7. The molecule has 0 saturated carbocycles. The van der Waals surface area contributed by atoms with E-state index >= 15 is 0 Å². The van der Waals surface area contributed by atoms with Crippen LogP contribution in [0.4, 0.5) is 5.95 Å². The lowest BCUT2D eigenvalue weighted by atomic mass is 10.2. The number of thiazole rings is 1. The Hall–Kier alpha value is -1.88. The van der Waals surface area contributed by atoms with Gasteiger partial charge in [0.15, 0.2) is 0 Å². The Morgan fingerprint density at radius 3 is 2.50 bits per heavy atom. The maximum atomic E-state index is 12.2. The lowest BCUT2D eigenvalue weighted by Gasteiger charge is -2.16. The summed E-state index contributed by atoms with van der Waals surface area (Å²) in [6, 6.07) is 3.22. The van der Waals surface area contributed by atoms with Gasteiger partial charge < -0.3 is 5.32 Å². The fourth-order valence-corrected chi connectivity index (χ4v) is 3.46. The number of anilines is 1. The maximum Gasteiger partial charge on any atom is 0.267 e. The molecule has 9 heteroatoms. The highest BCUT2D eigenvalue weighted by Crippen LogP contribution is 2.22. The Balaban J connectivity index is 1.77. The van der Waals surface area contributed by atoms with Gasteiger partial charge in [-0.1, -0.05) is 36.4 Å². The smallest absolute Gasteiger partial charge is 0.267 e. The van der Waals surface area contributed by atoms with Crippen LogP contribution in [0.1, 0.15) is 43.5 Å². The van der Waals surface area contributed by atoms with E-state index in [9.17, 15) is 4.79 Å². The third-order valence-corrected chi connectivity index (χ3v) is 5.52. The first-order valence-corrected chi connectivity index (χ1v) is 10.9. The molecule has 1 N–H and O–H groups in total. The Labute approximate surface area is 181 Å². The minimum atomic E-state index is -0.147. The van der Waals surface area contributed by atoms with E-state index in [0.29, 0.717) is 24.1 Å². The second-order valence-electron chi connectivity index (χ2n) is 7.40. The monoisotopic (exact) mass is 510 g/mol.